The van der Waals surface area contributed by atoms with Crippen molar-refractivity contribution in [1.29, 1.82) is 0 Å². The Labute approximate surface area is 156 Å². The summed E-state index contributed by atoms with van der Waals surface area (Å²) in [7, 11) is 0. The van der Waals surface area contributed by atoms with Crippen LogP contribution in [0, 0.1) is 0 Å². The van der Waals surface area contributed by atoms with E-state index in [1.165, 1.54) is 0 Å². The molecule has 0 heterocycles. The predicted molar refractivity (Wildman–Crippen MR) is 103 cm³/mol. The Morgan fingerprint density at radius 3 is 2.48 bits per heavy atom. The van der Waals surface area contributed by atoms with E-state index in [0.717, 1.165) is 33.0 Å². The van der Waals surface area contributed by atoms with E-state index < -0.39 is 0 Å². The maximum absolute atomic E-state index is 10.6. The molecule has 0 fully saturated rings. The van der Waals surface area contributed by atoms with E-state index in [1.54, 1.807) is 11.8 Å². The average Bonchev–Trinajstić information content (AvgIpc) is 2.64. The first-order chi connectivity index (χ1) is 12.2. The van der Waals surface area contributed by atoms with Crippen molar-refractivity contribution in [1.82, 2.24) is 0 Å². The highest BCUT2D eigenvalue weighted by molar-refractivity contribution is 7.99. The van der Waals surface area contributed by atoms with Gasteiger partial charge in [0.1, 0.15) is 18.6 Å². The Bertz CT molecular complexity index is 850. The van der Waals surface area contributed by atoms with Crippen molar-refractivity contribution in [3.05, 3.63) is 88.9 Å². The molecule has 0 amide bonds. The van der Waals surface area contributed by atoms with Crippen molar-refractivity contribution in [2.45, 2.75) is 22.8 Å². The molecule has 0 radical (unpaired) electrons. The third-order valence-electron chi connectivity index (χ3n) is 3.62. The van der Waals surface area contributed by atoms with Crippen molar-refractivity contribution >= 4 is 29.6 Å². The first-order valence-electron chi connectivity index (χ1n) is 7.91. The van der Waals surface area contributed by atoms with Crippen LogP contribution in [0.5, 0.6) is 5.75 Å². The molecule has 0 saturated heterocycles. The largest absolute Gasteiger partial charge is 0.489 e. The third-order valence-corrected chi connectivity index (χ3v) is 4.95. The van der Waals surface area contributed by atoms with Gasteiger partial charge in [0.25, 0.3) is 0 Å². The monoisotopic (exact) mass is 368 g/mol. The first-order valence-corrected chi connectivity index (χ1v) is 9.11. The summed E-state index contributed by atoms with van der Waals surface area (Å²) < 4.78 is 5.87. The van der Waals surface area contributed by atoms with E-state index >= 15 is 0 Å². The van der Waals surface area contributed by atoms with Crippen LogP contribution in [0.3, 0.4) is 0 Å². The van der Waals surface area contributed by atoms with Crippen molar-refractivity contribution in [2.75, 3.05) is 0 Å². The van der Waals surface area contributed by atoms with Gasteiger partial charge in [-0.25, -0.2) is 0 Å². The number of ether oxygens (including phenoxy) is 1. The number of halogens is 1. The number of benzene rings is 3. The van der Waals surface area contributed by atoms with Gasteiger partial charge in [0, 0.05) is 21.2 Å². The molecule has 0 bridgehead atoms. The molecule has 3 aromatic rings. The summed E-state index contributed by atoms with van der Waals surface area (Å²) in [5, 5.41) is 0.619. The van der Waals surface area contributed by atoms with Crippen LogP contribution in [0.2, 0.25) is 5.02 Å². The van der Waals surface area contributed by atoms with E-state index in [-0.39, 0.29) is 0 Å². The van der Waals surface area contributed by atoms with Crippen LogP contribution < -0.4 is 4.74 Å². The molecule has 25 heavy (non-hydrogen) atoms. The van der Waals surface area contributed by atoms with Crippen LogP contribution in [0.15, 0.2) is 82.6 Å². The quantitative estimate of drug-likeness (QED) is 0.492. The lowest BCUT2D eigenvalue weighted by Gasteiger charge is -2.09. The van der Waals surface area contributed by atoms with Gasteiger partial charge in [-0.2, -0.15) is 0 Å². The number of carbonyl (C=O) groups excluding carboxylic acids is 1. The molecule has 3 rings (SSSR count). The first kappa shape index (κ1) is 17.6. The number of hydrogen-bond acceptors (Lipinski definition) is 3. The Balaban J connectivity index is 1.67. The van der Waals surface area contributed by atoms with Crippen LogP contribution in [-0.2, 0) is 17.8 Å². The van der Waals surface area contributed by atoms with E-state index in [4.69, 9.17) is 16.3 Å². The molecule has 3 aromatic carbocycles. The molecular weight excluding hydrogens is 352 g/mol. The van der Waals surface area contributed by atoms with Crippen LogP contribution in [0.4, 0.5) is 0 Å². The second kappa shape index (κ2) is 8.75. The fourth-order valence-corrected chi connectivity index (χ4v) is 3.58. The minimum atomic E-state index is 0.340. The van der Waals surface area contributed by atoms with Crippen molar-refractivity contribution < 1.29 is 9.53 Å². The molecule has 126 valence electrons. The highest BCUT2D eigenvalue weighted by Crippen LogP contribution is 2.32. The van der Waals surface area contributed by atoms with Gasteiger partial charge in [0.15, 0.2) is 0 Å². The van der Waals surface area contributed by atoms with Gasteiger partial charge in [0.05, 0.1) is 0 Å². The van der Waals surface area contributed by atoms with Crippen molar-refractivity contribution in [2.24, 2.45) is 0 Å². The second-order valence-corrected chi connectivity index (χ2v) is 7.03. The maximum atomic E-state index is 10.6. The summed E-state index contributed by atoms with van der Waals surface area (Å²) >= 11 is 7.84. The molecule has 0 aliphatic carbocycles. The SMILES string of the molecule is O=CCc1ccc(Sc2cccc(OCc3ccccc3)c2)cc1Cl. The molecular formula is C21H17ClO2S. The smallest absolute Gasteiger partial charge is 0.124 e. The Morgan fingerprint density at radius 2 is 1.72 bits per heavy atom. The zero-order valence-electron chi connectivity index (χ0n) is 13.5. The van der Waals surface area contributed by atoms with Gasteiger partial charge in [-0.1, -0.05) is 65.8 Å². The van der Waals surface area contributed by atoms with Crippen molar-refractivity contribution in [3.8, 4) is 5.75 Å². The van der Waals surface area contributed by atoms with Gasteiger partial charge in [-0.05, 0) is 41.5 Å². The maximum Gasteiger partial charge on any atom is 0.124 e. The van der Waals surface area contributed by atoms with Gasteiger partial charge >= 0.3 is 0 Å². The Morgan fingerprint density at radius 1 is 0.920 bits per heavy atom. The van der Waals surface area contributed by atoms with E-state index in [2.05, 4.69) is 0 Å². The lowest BCUT2D eigenvalue weighted by atomic mass is 10.2. The van der Waals surface area contributed by atoms with Crippen LogP contribution in [-0.4, -0.2) is 6.29 Å². The minimum Gasteiger partial charge on any atom is -0.489 e. The second-order valence-electron chi connectivity index (χ2n) is 5.48. The normalized spacial score (nSPS) is 10.4. The van der Waals surface area contributed by atoms with Gasteiger partial charge in [0.2, 0.25) is 0 Å². The Hall–Kier alpha value is -2.23. The summed E-state index contributed by atoms with van der Waals surface area (Å²) in [6.45, 7) is 0.543. The zero-order chi connectivity index (χ0) is 17.5. The standard InChI is InChI=1S/C21H17ClO2S/c22-21-14-20(10-9-17(21)11-12-23)25-19-8-4-7-18(13-19)24-15-16-5-2-1-3-6-16/h1-10,12-14H,11,15H2. The number of hydrogen-bond donors (Lipinski definition) is 0. The Kier molecular flexibility index (Phi) is 6.15. The third kappa shape index (κ3) is 5.12. The number of rotatable bonds is 7. The van der Waals surface area contributed by atoms with Crippen LogP contribution in [0.1, 0.15) is 11.1 Å². The van der Waals surface area contributed by atoms with E-state index in [9.17, 15) is 4.79 Å². The molecule has 0 unspecified atom stereocenters. The molecule has 0 atom stereocenters. The zero-order valence-corrected chi connectivity index (χ0v) is 15.1. The fourth-order valence-electron chi connectivity index (χ4n) is 2.35. The number of aldehydes is 1. The van der Waals surface area contributed by atoms with Crippen molar-refractivity contribution in [3.63, 3.8) is 0 Å². The summed E-state index contributed by atoms with van der Waals surface area (Å²) in [5.41, 5.74) is 1.99. The molecule has 0 N–H and O–H groups in total. The van der Waals surface area contributed by atoms with Crippen LogP contribution in [0.25, 0.3) is 0 Å². The molecule has 0 spiro atoms. The minimum absolute atomic E-state index is 0.340. The molecule has 2 nitrogen and oxygen atoms in total. The number of carbonyl (C=O) groups is 1. The summed E-state index contributed by atoms with van der Waals surface area (Å²) in [5.74, 6) is 0.831. The van der Waals surface area contributed by atoms with E-state index in [1.807, 2.05) is 72.8 Å². The molecule has 0 aromatic heterocycles. The fraction of sp³-hybridized carbons (Fsp3) is 0.0952. The van der Waals surface area contributed by atoms with Gasteiger partial charge in [-0.15, -0.1) is 0 Å². The van der Waals surface area contributed by atoms with Crippen LogP contribution >= 0.6 is 23.4 Å². The van der Waals surface area contributed by atoms with Gasteiger partial charge in [-0.3, -0.25) is 0 Å². The predicted octanol–water partition coefficient (Wildman–Crippen LogP) is 5.81. The summed E-state index contributed by atoms with van der Waals surface area (Å²) in [6, 6.07) is 23.8. The lowest BCUT2D eigenvalue weighted by molar-refractivity contribution is -0.107. The molecule has 0 aliphatic heterocycles. The summed E-state index contributed by atoms with van der Waals surface area (Å²) in [6.07, 6.45) is 1.20. The van der Waals surface area contributed by atoms with E-state index in [0.29, 0.717) is 18.1 Å². The highest BCUT2D eigenvalue weighted by atomic mass is 35.5. The molecule has 4 heteroatoms. The topological polar surface area (TPSA) is 26.3 Å². The highest BCUT2D eigenvalue weighted by Gasteiger charge is 2.05. The molecule has 0 saturated carbocycles. The average molecular weight is 369 g/mol. The summed E-state index contributed by atoms with van der Waals surface area (Å²) in [4.78, 5) is 12.7. The van der Waals surface area contributed by atoms with Gasteiger partial charge < -0.3 is 9.53 Å². The lowest BCUT2D eigenvalue weighted by Crippen LogP contribution is -1.94. The molecule has 0 aliphatic rings.